The summed E-state index contributed by atoms with van der Waals surface area (Å²) in [5.74, 6) is -0.589. The van der Waals surface area contributed by atoms with Gasteiger partial charge >= 0.3 is 0 Å². The molecule has 0 bridgehead atoms. The summed E-state index contributed by atoms with van der Waals surface area (Å²) in [7, 11) is 1.87. The van der Waals surface area contributed by atoms with Crippen LogP contribution in [0.3, 0.4) is 0 Å². The van der Waals surface area contributed by atoms with Gasteiger partial charge in [-0.25, -0.2) is 4.90 Å². The monoisotopic (exact) mass is 296 g/mol. The fourth-order valence-corrected chi connectivity index (χ4v) is 2.56. The van der Waals surface area contributed by atoms with Crippen LogP contribution in [0.25, 0.3) is 0 Å². The zero-order valence-corrected chi connectivity index (χ0v) is 12.2. The lowest BCUT2D eigenvalue weighted by Gasteiger charge is -2.19. The third kappa shape index (κ3) is 2.25. The molecule has 0 unspecified atom stereocenters. The lowest BCUT2D eigenvalue weighted by molar-refractivity contribution is 0.0926. The maximum absolute atomic E-state index is 12.4. The highest BCUT2D eigenvalue weighted by Gasteiger charge is 2.36. The SMILES string of the molecule is CN(CCO)c1ccc(N2C(=O)c3ccccc3C2=O)cc1. The smallest absolute Gasteiger partial charge is 0.266 e. The molecule has 0 aromatic heterocycles. The van der Waals surface area contributed by atoms with Crippen LogP contribution < -0.4 is 9.80 Å². The first kappa shape index (κ1) is 14.3. The number of aliphatic hydroxyl groups excluding tert-OH is 1. The third-order valence-corrected chi connectivity index (χ3v) is 3.78. The van der Waals surface area contributed by atoms with Crippen LogP contribution >= 0.6 is 0 Å². The fraction of sp³-hybridized carbons (Fsp3) is 0.176. The molecule has 0 saturated heterocycles. The average molecular weight is 296 g/mol. The van der Waals surface area contributed by atoms with Crippen LogP contribution in [0.2, 0.25) is 0 Å². The molecule has 0 aliphatic carbocycles. The number of fused-ring (bicyclic) bond motifs is 1. The number of amides is 2. The van der Waals surface area contributed by atoms with Crippen LogP contribution in [0, 0.1) is 0 Å². The number of hydrogen-bond acceptors (Lipinski definition) is 4. The van der Waals surface area contributed by atoms with E-state index in [9.17, 15) is 9.59 Å². The summed E-state index contributed by atoms with van der Waals surface area (Å²) in [6, 6.07) is 14.0. The largest absolute Gasteiger partial charge is 0.395 e. The number of carbonyl (C=O) groups is 2. The first-order valence-electron chi connectivity index (χ1n) is 7.03. The normalized spacial score (nSPS) is 13.5. The molecule has 22 heavy (non-hydrogen) atoms. The van der Waals surface area contributed by atoms with E-state index >= 15 is 0 Å². The number of imide groups is 1. The molecule has 3 rings (SSSR count). The Morgan fingerprint density at radius 2 is 1.50 bits per heavy atom. The number of aliphatic hydroxyl groups is 1. The van der Waals surface area contributed by atoms with Gasteiger partial charge in [0.05, 0.1) is 23.4 Å². The Morgan fingerprint density at radius 3 is 2.00 bits per heavy atom. The molecule has 5 nitrogen and oxygen atoms in total. The third-order valence-electron chi connectivity index (χ3n) is 3.78. The second-order valence-electron chi connectivity index (χ2n) is 5.15. The molecule has 1 heterocycles. The van der Waals surface area contributed by atoms with Crippen LogP contribution in [0.1, 0.15) is 20.7 Å². The van der Waals surface area contributed by atoms with E-state index in [1.54, 1.807) is 36.4 Å². The number of hydrogen-bond donors (Lipinski definition) is 1. The summed E-state index contributed by atoms with van der Waals surface area (Å²) in [6.45, 7) is 0.586. The zero-order chi connectivity index (χ0) is 15.7. The summed E-state index contributed by atoms with van der Waals surface area (Å²) in [4.78, 5) is 27.9. The molecule has 2 aromatic carbocycles. The molecule has 1 aliphatic heterocycles. The molecule has 0 radical (unpaired) electrons. The van der Waals surface area contributed by atoms with Gasteiger partial charge in [0.15, 0.2) is 0 Å². The molecule has 0 saturated carbocycles. The molecular formula is C17H16N2O3. The van der Waals surface area contributed by atoms with Crippen molar-refractivity contribution in [3.8, 4) is 0 Å². The number of likely N-dealkylation sites (N-methyl/N-ethyl adjacent to an activating group) is 1. The minimum absolute atomic E-state index is 0.0661. The van der Waals surface area contributed by atoms with Crippen LogP contribution in [0.15, 0.2) is 48.5 Å². The Hall–Kier alpha value is -2.66. The first-order valence-corrected chi connectivity index (χ1v) is 7.03. The Bertz CT molecular complexity index is 690. The zero-order valence-electron chi connectivity index (χ0n) is 12.2. The van der Waals surface area contributed by atoms with Crippen LogP contribution in [0.5, 0.6) is 0 Å². The lowest BCUT2D eigenvalue weighted by Crippen LogP contribution is -2.29. The van der Waals surface area contributed by atoms with E-state index in [0.717, 1.165) is 5.69 Å². The number of benzene rings is 2. The van der Waals surface area contributed by atoms with Gasteiger partial charge in [-0.2, -0.15) is 0 Å². The summed E-state index contributed by atoms with van der Waals surface area (Å²) >= 11 is 0. The van der Waals surface area contributed by atoms with Gasteiger partial charge in [0.25, 0.3) is 11.8 Å². The van der Waals surface area contributed by atoms with E-state index in [0.29, 0.717) is 23.4 Å². The van der Waals surface area contributed by atoms with Crippen molar-refractivity contribution in [2.24, 2.45) is 0 Å². The van der Waals surface area contributed by atoms with Crippen molar-refractivity contribution in [2.45, 2.75) is 0 Å². The predicted molar refractivity (Wildman–Crippen MR) is 84.4 cm³/mol. The highest BCUT2D eigenvalue weighted by molar-refractivity contribution is 6.34. The second kappa shape index (κ2) is 5.61. The van der Waals surface area contributed by atoms with Crippen LogP contribution in [-0.2, 0) is 0 Å². The van der Waals surface area contributed by atoms with E-state index in [1.807, 2.05) is 24.1 Å². The number of nitrogens with zero attached hydrogens (tertiary/aromatic N) is 2. The van der Waals surface area contributed by atoms with E-state index in [2.05, 4.69) is 0 Å². The number of carbonyl (C=O) groups excluding carboxylic acids is 2. The van der Waals surface area contributed by atoms with Gasteiger partial charge in [-0.05, 0) is 36.4 Å². The molecule has 2 aromatic rings. The summed E-state index contributed by atoms with van der Waals surface area (Å²) in [5.41, 5.74) is 2.34. The van der Waals surface area contributed by atoms with Gasteiger partial charge in [-0.1, -0.05) is 12.1 Å². The van der Waals surface area contributed by atoms with Crippen molar-refractivity contribution in [1.29, 1.82) is 0 Å². The van der Waals surface area contributed by atoms with E-state index in [1.165, 1.54) is 4.90 Å². The van der Waals surface area contributed by atoms with E-state index in [4.69, 9.17) is 5.11 Å². The maximum atomic E-state index is 12.4. The van der Waals surface area contributed by atoms with Gasteiger partial charge in [0.2, 0.25) is 0 Å². The standard InChI is InChI=1S/C17H16N2O3/c1-18(10-11-20)12-6-8-13(9-7-12)19-16(21)14-4-2-3-5-15(14)17(19)22/h2-9,20H,10-11H2,1H3. The first-order chi connectivity index (χ1) is 10.6. The van der Waals surface area contributed by atoms with Crippen LogP contribution in [-0.4, -0.2) is 37.1 Å². The van der Waals surface area contributed by atoms with E-state index < -0.39 is 0 Å². The van der Waals surface area contributed by atoms with Crippen LogP contribution in [0.4, 0.5) is 11.4 Å². The second-order valence-corrected chi connectivity index (χ2v) is 5.15. The highest BCUT2D eigenvalue weighted by atomic mass is 16.3. The molecule has 1 N–H and O–H groups in total. The molecule has 0 fully saturated rings. The Labute approximate surface area is 128 Å². The fourth-order valence-electron chi connectivity index (χ4n) is 2.56. The highest BCUT2D eigenvalue weighted by Crippen LogP contribution is 2.29. The minimum Gasteiger partial charge on any atom is -0.395 e. The van der Waals surface area contributed by atoms with Gasteiger partial charge in [0.1, 0.15) is 0 Å². The molecule has 0 atom stereocenters. The number of anilines is 2. The van der Waals surface area contributed by atoms with Crippen molar-refractivity contribution in [3.63, 3.8) is 0 Å². The Kier molecular flexibility index (Phi) is 3.65. The summed E-state index contributed by atoms with van der Waals surface area (Å²) < 4.78 is 0. The molecular weight excluding hydrogens is 280 g/mol. The van der Waals surface area contributed by atoms with Gasteiger partial charge in [0, 0.05) is 19.3 Å². The molecule has 5 heteroatoms. The maximum Gasteiger partial charge on any atom is 0.266 e. The molecule has 2 amide bonds. The van der Waals surface area contributed by atoms with Crippen molar-refractivity contribution in [3.05, 3.63) is 59.7 Å². The van der Waals surface area contributed by atoms with Gasteiger partial charge in [-0.3, -0.25) is 9.59 Å². The van der Waals surface area contributed by atoms with Crippen molar-refractivity contribution in [2.75, 3.05) is 30.0 Å². The Morgan fingerprint density at radius 1 is 0.955 bits per heavy atom. The van der Waals surface area contributed by atoms with Crippen molar-refractivity contribution >= 4 is 23.2 Å². The molecule has 112 valence electrons. The van der Waals surface area contributed by atoms with Gasteiger partial charge in [-0.15, -0.1) is 0 Å². The summed E-state index contributed by atoms with van der Waals surface area (Å²) in [6.07, 6.45) is 0. The topological polar surface area (TPSA) is 60.9 Å². The Balaban J connectivity index is 1.90. The minimum atomic E-state index is -0.294. The average Bonchev–Trinajstić information content (AvgIpc) is 2.80. The summed E-state index contributed by atoms with van der Waals surface area (Å²) in [5, 5.41) is 8.96. The van der Waals surface area contributed by atoms with E-state index in [-0.39, 0.29) is 18.4 Å². The quantitative estimate of drug-likeness (QED) is 0.876. The van der Waals surface area contributed by atoms with Crippen molar-refractivity contribution < 1.29 is 14.7 Å². The number of rotatable bonds is 4. The molecule has 1 aliphatic rings. The lowest BCUT2D eigenvalue weighted by atomic mass is 10.1. The van der Waals surface area contributed by atoms with Gasteiger partial charge < -0.3 is 10.0 Å². The predicted octanol–water partition coefficient (Wildman–Crippen LogP) is 1.92. The molecule has 0 spiro atoms. The van der Waals surface area contributed by atoms with Crippen molar-refractivity contribution in [1.82, 2.24) is 0 Å².